The van der Waals surface area contributed by atoms with E-state index in [-0.39, 0.29) is 24.9 Å². The molecule has 9 heteroatoms. The number of methoxy groups -OCH3 is 1. The van der Waals surface area contributed by atoms with Crippen LogP contribution in [-0.4, -0.2) is 47.4 Å². The van der Waals surface area contributed by atoms with Crippen molar-refractivity contribution in [2.75, 3.05) is 37.4 Å². The molecule has 1 heterocycles. The van der Waals surface area contributed by atoms with Gasteiger partial charge in [-0.2, -0.15) is 0 Å². The summed E-state index contributed by atoms with van der Waals surface area (Å²) in [5, 5.41) is 2.94. The van der Waals surface area contributed by atoms with Crippen molar-refractivity contribution < 1.29 is 27.4 Å². The maximum absolute atomic E-state index is 12.4. The molecule has 0 aliphatic carbocycles. The number of fused-ring (bicyclic) bond motifs is 1. The Labute approximate surface area is 183 Å². The van der Waals surface area contributed by atoms with E-state index in [0.29, 0.717) is 42.6 Å². The average Bonchev–Trinajstić information content (AvgIpc) is 2.75. The van der Waals surface area contributed by atoms with Crippen molar-refractivity contribution in [1.82, 2.24) is 5.32 Å². The van der Waals surface area contributed by atoms with Gasteiger partial charge >= 0.3 is 0 Å². The molecule has 0 radical (unpaired) electrons. The summed E-state index contributed by atoms with van der Waals surface area (Å²) in [4.78, 5) is 12.4. The second kappa shape index (κ2) is 9.91. The Kier molecular flexibility index (Phi) is 7.27. The highest BCUT2D eigenvalue weighted by Gasteiger charge is 2.21. The molecule has 3 rings (SSSR count). The van der Waals surface area contributed by atoms with Gasteiger partial charge in [0, 0.05) is 24.6 Å². The molecule has 1 atom stereocenters. The smallest absolute Gasteiger partial charge is 0.232 e. The van der Waals surface area contributed by atoms with Crippen LogP contribution in [-0.2, 0) is 14.8 Å². The van der Waals surface area contributed by atoms with Gasteiger partial charge in [0.1, 0.15) is 19.0 Å². The lowest BCUT2D eigenvalue weighted by atomic mass is 10.1. The summed E-state index contributed by atoms with van der Waals surface area (Å²) in [5.41, 5.74) is 1.36. The zero-order valence-corrected chi connectivity index (χ0v) is 18.8. The van der Waals surface area contributed by atoms with Crippen LogP contribution in [0.5, 0.6) is 17.2 Å². The number of rotatable bonds is 9. The van der Waals surface area contributed by atoms with Crippen molar-refractivity contribution in [3.8, 4) is 17.2 Å². The van der Waals surface area contributed by atoms with E-state index in [4.69, 9.17) is 14.2 Å². The van der Waals surface area contributed by atoms with E-state index in [2.05, 4.69) is 5.32 Å². The fourth-order valence-corrected chi connectivity index (χ4v) is 4.43. The number of para-hydroxylation sites is 1. The standard InChI is InChI=1S/C22H28N2O6S/c1-16(18-7-4-5-8-19(18)28-2)23-22(25)9-6-12-24(31(3,26)27)17-10-11-20-21(15-17)30-14-13-29-20/h4-5,7-8,10-11,15-16H,6,9,12-14H2,1-3H3,(H,23,25)/t16-/m0/s1. The van der Waals surface area contributed by atoms with Gasteiger partial charge in [-0.3, -0.25) is 9.10 Å². The Morgan fingerprint density at radius 1 is 1.16 bits per heavy atom. The largest absolute Gasteiger partial charge is 0.496 e. The quantitative estimate of drug-likeness (QED) is 0.634. The first-order valence-electron chi connectivity index (χ1n) is 10.1. The molecule has 31 heavy (non-hydrogen) atoms. The van der Waals surface area contributed by atoms with Crippen LogP contribution in [0.1, 0.15) is 31.4 Å². The lowest BCUT2D eigenvalue weighted by Gasteiger charge is -2.25. The number of ether oxygens (including phenoxy) is 3. The van der Waals surface area contributed by atoms with E-state index in [1.165, 1.54) is 4.31 Å². The maximum Gasteiger partial charge on any atom is 0.232 e. The second-order valence-electron chi connectivity index (χ2n) is 7.30. The summed E-state index contributed by atoms with van der Waals surface area (Å²) in [7, 11) is -1.94. The molecule has 0 unspecified atom stereocenters. The minimum Gasteiger partial charge on any atom is -0.496 e. The topological polar surface area (TPSA) is 94.2 Å². The van der Waals surface area contributed by atoms with Crippen LogP contribution in [0.25, 0.3) is 0 Å². The van der Waals surface area contributed by atoms with Gasteiger partial charge in [-0.05, 0) is 31.5 Å². The average molecular weight is 449 g/mol. The van der Waals surface area contributed by atoms with Crippen molar-refractivity contribution >= 4 is 21.6 Å². The summed E-state index contributed by atoms with van der Waals surface area (Å²) >= 11 is 0. The molecule has 0 spiro atoms. The first kappa shape index (κ1) is 22.7. The molecule has 2 aromatic carbocycles. The summed E-state index contributed by atoms with van der Waals surface area (Å²) < 4.78 is 42.4. The summed E-state index contributed by atoms with van der Waals surface area (Å²) in [6.45, 7) is 2.94. The van der Waals surface area contributed by atoms with Crippen LogP contribution in [0.3, 0.4) is 0 Å². The van der Waals surface area contributed by atoms with Crippen molar-refractivity contribution in [2.24, 2.45) is 0 Å². The number of amides is 1. The Hall–Kier alpha value is -2.94. The van der Waals surface area contributed by atoms with Crippen molar-refractivity contribution in [3.05, 3.63) is 48.0 Å². The molecule has 168 valence electrons. The van der Waals surface area contributed by atoms with Crippen LogP contribution >= 0.6 is 0 Å². The lowest BCUT2D eigenvalue weighted by molar-refractivity contribution is -0.121. The van der Waals surface area contributed by atoms with E-state index in [9.17, 15) is 13.2 Å². The summed E-state index contributed by atoms with van der Waals surface area (Å²) in [6, 6.07) is 12.3. The van der Waals surface area contributed by atoms with Gasteiger partial charge < -0.3 is 19.5 Å². The highest BCUT2D eigenvalue weighted by Crippen LogP contribution is 2.34. The first-order chi connectivity index (χ1) is 14.8. The van der Waals surface area contributed by atoms with Gasteiger partial charge in [0.2, 0.25) is 15.9 Å². The molecule has 1 N–H and O–H groups in total. The zero-order valence-electron chi connectivity index (χ0n) is 18.0. The number of benzene rings is 2. The van der Waals surface area contributed by atoms with Gasteiger partial charge in [-0.1, -0.05) is 18.2 Å². The molecule has 0 saturated carbocycles. The van der Waals surface area contributed by atoms with E-state index in [1.807, 2.05) is 31.2 Å². The van der Waals surface area contributed by atoms with Crippen LogP contribution in [0, 0.1) is 0 Å². The fourth-order valence-electron chi connectivity index (χ4n) is 3.47. The normalized spacial score (nSPS) is 13.9. The Balaban J connectivity index is 1.60. The molecule has 1 aliphatic rings. The third-order valence-electron chi connectivity index (χ3n) is 4.96. The highest BCUT2D eigenvalue weighted by atomic mass is 32.2. The molecule has 0 saturated heterocycles. The van der Waals surface area contributed by atoms with Gasteiger partial charge in [-0.25, -0.2) is 8.42 Å². The third kappa shape index (κ3) is 5.81. The Morgan fingerprint density at radius 2 is 1.87 bits per heavy atom. The summed E-state index contributed by atoms with van der Waals surface area (Å²) in [6.07, 6.45) is 1.70. The molecular formula is C22H28N2O6S. The van der Waals surface area contributed by atoms with Crippen LogP contribution in [0.2, 0.25) is 0 Å². The van der Waals surface area contributed by atoms with Crippen molar-refractivity contribution in [1.29, 1.82) is 0 Å². The number of carbonyl (C=O) groups is 1. The number of nitrogens with one attached hydrogen (secondary N) is 1. The number of nitrogens with zero attached hydrogens (tertiary/aromatic N) is 1. The Morgan fingerprint density at radius 3 is 2.58 bits per heavy atom. The summed E-state index contributed by atoms with van der Waals surface area (Å²) in [5.74, 6) is 1.65. The molecule has 0 bridgehead atoms. The minimum absolute atomic E-state index is 0.158. The molecule has 8 nitrogen and oxygen atoms in total. The number of anilines is 1. The first-order valence-corrected chi connectivity index (χ1v) is 11.9. The molecule has 1 amide bonds. The zero-order chi connectivity index (χ0) is 22.4. The predicted octanol–water partition coefficient (Wildman–Crippen LogP) is 2.89. The maximum atomic E-state index is 12.4. The third-order valence-corrected chi connectivity index (χ3v) is 6.16. The highest BCUT2D eigenvalue weighted by molar-refractivity contribution is 7.92. The lowest BCUT2D eigenvalue weighted by Crippen LogP contribution is -2.32. The number of carbonyl (C=O) groups excluding carboxylic acids is 1. The number of sulfonamides is 1. The molecule has 1 aliphatic heterocycles. The fraction of sp³-hybridized carbons (Fsp3) is 0.409. The van der Waals surface area contributed by atoms with Gasteiger partial charge in [0.25, 0.3) is 0 Å². The van der Waals surface area contributed by atoms with E-state index in [1.54, 1.807) is 25.3 Å². The van der Waals surface area contributed by atoms with Gasteiger partial charge in [0.05, 0.1) is 25.1 Å². The van der Waals surface area contributed by atoms with Crippen molar-refractivity contribution in [3.63, 3.8) is 0 Å². The number of hydrogen-bond donors (Lipinski definition) is 1. The SMILES string of the molecule is COc1ccccc1[C@H](C)NC(=O)CCCN(c1ccc2c(c1)OCCO2)S(C)(=O)=O. The van der Waals surface area contributed by atoms with E-state index < -0.39 is 10.0 Å². The van der Waals surface area contributed by atoms with Gasteiger partial charge in [-0.15, -0.1) is 0 Å². The Bertz CT molecular complexity index is 1020. The van der Waals surface area contributed by atoms with E-state index in [0.717, 1.165) is 11.8 Å². The monoisotopic (exact) mass is 448 g/mol. The van der Waals surface area contributed by atoms with Crippen LogP contribution < -0.4 is 23.8 Å². The molecule has 0 aromatic heterocycles. The molecule has 0 fully saturated rings. The van der Waals surface area contributed by atoms with Crippen LogP contribution in [0.15, 0.2) is 42.5 Å². The second-order valence-corrected chi connectivity index (χ2v) is 9.20. The predicted molar refractivity (Wildman–Crippen MR) is 118 cm³/mol. The molecular weight excluding hydrogens is 420 g/mol. The van der Waals surface area contributed by atoms with Gasteiger partial charge in [0.15, 0.2) is 11.5 Å². The van der Waals surface area contributed by atoms with Crippen LogP contribution in [0.4, 0.5) is 5.69 Å². The van der Waals surface area contributed by atoms with Crippen molar-refractivity contribution in [2.45, 2.75) is 25.8 Å². The molecule has 2 aromatic rings. The minimum atomic E-state index is -3.53. The number of hydrogen-bond acceptors (Lipinski definition) is 6. The van der Waals surface area contributed by atoms with E-state index >= 15 is 0 Å².